The van der Waals surface area contributed by atoms with E-state index in [0.717, 1.165) is 27.6 Å². The van der Waals surface area contributed by atoms with Crippen molar-refractivity contribution in [1.29, 1.82) is 0 Å². The molecule has 258 valence electrons. The first kappa shape index (κ1) is 35.2. The molecule has 2 fully saturated rings. The molecule has 0 saturated carbocycles. The van der Waals surface area contributed by atoms with Crippen LogP contribution in [0.15, 0.2) is 83.8 Å². The van der Waals surface area contributed by atoms with Crippen LogP contribution in [0, 0.1) is 22.0 Å². The number of ether oxygens (including phenoxy) is 4. The highest BCUT2D eigenvalue weighted by Gasteiger charge is 2.44. The van der Waals surface area contributed by atoms with Crippen LogP contribution in [0.3, 0.4) is 0 Å². The van der Waals surface area contributed by atoms with Gasteiger partial charge in [0.15, 0.2) is 6.29 Å². The van der Waals surface area contributed by atoms with Crippen molar-refractivity contribution < 1.29 is 42.2 Å². The zero-order chi connectivity index (χ0) is 34.3. The van der Waals surface area contributed by atoms with E-state index in [9.17, 15) is 28.4 Å². The molecule has 48 heavy (non-hydrogen) atoms. The number of fused-ring (bicyclic) bond motifs is 1. The third kappa shape index (κ3) is 9.08. The summed E-state index contributed by atoms with van der Waals surface area (Å²) >= 11 is 0. The van der Waals surface area contributed by atoms with E-state index in [1.54, 1.807) is 12.1 Å². The lowest BCUT2D eigenvalue weighted by Gasteiger charge is -2.31. The van der Waals surface area contributed by atoms with Gasteiger partial charge in [-0.3, -0.25) is 10.1 Å². The van der Waals surface area contributed by atoms with Gasteiger partial charge in [-0.25, -0.2) is 13.2 Å². The zero-order valence-electron chi connectivity index (χ0n) is 26.8. The maximum Gasteiger partial charge on any atom is 0.407 e. The van der Waals surface area contributed by atoms with E-state index in [0.29, 0.717) is 25.4 Å². The molecule has 0 radical (unpaired) electrons. The van der Waals surface area contributed by atoms with E-state index in [-0.39, 0.29) is 48.5 Å². The van der Waals surface area contributed by atoms with E-state index in [1.807, 2.05) is 56.3 Å². The first-order valence-electron chi connectivity index (χ1n) is 15.9. The van der Waals surface area contributed by atoms with Crippen LogP contribution in [0.2, 0.25) is 0 Å². The van der Waals surface area contributed by atoms with Crippen LogP contribution in [-0.4, -0.2) is 79.7 Å². The number of non-ortho nitro benzene ring substituents is 1. The second-order valence-electron chi connectivity index (χ2n) is 12.4. The van der Waals surface area contributed by atoms with Crippen LogP contribution in [0.5, 0.6) is 5.75 Å². The number of nitrogens with zero attached hydrogens (tertiary/aromatic N) is 2. The third-order valence-corrected chi connectivity index (χ3v) is 10.1. The molecule has 3 aromatic rings. The number of sulfonamides is 1. The van der Waals surface area contributed by atoms with Crippen molar-refractivity contribution in [3.63, 3.8) is 0 Å². The Balaban J connectivity index is 1.32. The minimum Gasteiger partial charge on any atom is -0.489 e. The molecule has 0 aliphatic carbocycles. The molecule has 1 amide bonds. The number of aliphatic hydroxyl groups is 1. The summed E-state index contributed by atoms with van der Waals surface area (Å²) < 4.78 is 51.3. The number of carbonyl (C=O) groups is 1. The van der Waals surface area contributed by atoms with E-state index in [4.69, 9.17) is 18.9 Å². The van der Waals surface area contributed by atoms with Gasteiger partial charge in [-0.05, 0) is 54.2 Å². The van der Waals surface area contributed by atoms with Gasteiger partial charge in [0.1, 0.15) is 18.5 Å². The number of nitro groups is 1. The molecule has 3 aromatic carbocycles. The Bertz CT molecular complexity index is 1620. The summed E-state index contributed by atoms with van der Waals surface area (Å²) in [5.74, 6) is 0.434. The van der Waals surface area contributed by atoms with Gasteiger partial charge in [0.25, 0.3) is 5.69 Å². The van der Waals surface area contributed by atoms with Crippen molar-refractivity contribution >= 4 is 21.8 Å². The Kier molecular flexibility index (Phi) is 11.7. The van der Waals surface area contributed by atoms with Gasteiger partial charge in [0.2, 0.25) is 10.0 Å². The van der Waals surface area contributed by atoms with Gasteiger partial charge >= 0.3 is 6.09 Å². The number of alkyl carbamates (subject to hydrolysis) is 1. The Morgan fingerprint density at radius 1 is 1.02 bits per heavy atom. The van der Waals surface area contributed by atoms with Gasteiger partial charge in [-0.1, -0.05) is 56.3 Å². The summed E-state index contributed by atoms with van der Waals surface area (Å²) in [6.07, 6.45) is -2.22. The quantitative estimate of drug-likeness (QED) is 0.174. The number of hydrogen-bond acceptors (Lipinski definition) is 10. The highest BCUT2D eigenvalue weighted by Crippen LogP contribution is 2.33. The molecule has 2 saturated heterocycles. The fourth-order valence-corrected chi connectivity index (χ4v) is 7.39. The average molecular weight is 684 g/mol. The molecular formula is C34H41N3O10S. The summed E-state index contributed by atoms with van der Waals surface area (Å²) in [6.45, 7) is 4.47. The largest absolute Gasteiger partial charge is 0.489 e. The van der Waals surface area contributed by atoms with Gasteiger partial charge in [-0.15, -0.1) is 0 Å². The smallest absolute Gasteiger partial charge is 0.407 e. The van der Waals surface area contributed by atoms with Crippen molar-refractivity contribution in [3.8, 4) is 5.75 Å². The Morgan fingerprint density at radius 3 is 2.40 bits per heavy atom. The number of amides is 1. The predicted octanol–water partition coefficient (Wildman–Crippen LogP) is 4.28. The maximum atomic E-state index is 13.7. The molecule has 5 rings (SSSR count). The Hall–Kier alpha value is -4.08. The number of rotatable bonds is 15. The van der Waals surface area contributed by atoms with Gasteiger partial charge in [0, 0.05) is 25.2 Å². The van der Waals surface area contributed by atoms with Gasteiger partial charge in [0.05, 0.1) is 41.1 Å². The number of benzene rings is 3. The molecule has 0 bridgehead atoms. The minimum atomic E-state index is -4.17. The summed E-state index contributed by atoms with van der Waals surface area (Å²) in [5, 5.41) is 25.5. The fraction of sp³-hybridized carbons (Fsp3) is 0.441. The Labute approximate surface area is 280 Å². The molecule has 0 spiro atoms. The number of carbonyl (C=O) groups excluding carboxylic acids is 1. The third-order valence-electron chi connectivity index (χ3n) is 8.28. The number of hydrogen-bond donors (Lipinski definition) is 2. The van der Waals surface area contributed by atoms with Crippen molar-refractivity contribution in [1.82, 2.24) is 9.62 Å². The van der Waals surface area contributed by atoms with Crippen LogP contribution in [0.4, 0.5) is 10.5 Å². The van der Waals surface area contributed by atoms with E-state index >= 15 is 0 Å². The average Bonchev–Trinajstić information content (AvgIpc) is 3.69. The zero-order valence-corrected chi connectivity index (χ0v) is 27.7. The topological polar surface area (TPSA) is 167 Å². The van der Waals surface area contributed by atoms with Crippen molar-refractivity contribution in [3.05, 3.63) is 100 Å². The number of nitrogens with one attached hydrogen (secondary N) is 1. The van der Waals surface area contributed by atoms with Crippen LogP contribution in [0.25, 0.3) is 0 Å². The van der Waals surface area contributed by atoms with Gasteiger partial charge < -0.3 is 29.4 Å². The molecule has 2 aliphatic heterocycles. The standard InChI is InChI=1S/C34H41N3O10S/c1-23(2)19-36(48(42,43)28-14-10-26(11-15-28)37(40)41)20-31(38)30(35-34(39)47-32-22-46-33-29(32)16-17-44-33)18-24-8-12-27(13-9-24)45-21-25-6-4-3-5-7-25/h3-15,23,29-33,38H,16-22H2,1-2H3,(H,35,39)/t29-,30-,31+,32?,33+/m0/s1. The van der Waals surface area contributed by atoms with Crippen molar-refractivity contribution in [2.75, 3.05) is 26.3 Å². The molecule has 2 heterocycles. The highest BCUT2D eigenvalue weighted by atomic mass is 32.2. The first-order valence-corrected chi connectivity index (χ1v) is 17.3. The van der Waals surface area contributed by atoms with E-state index in [1.165, 1.54) is 12.1 Å². The molecule has 2 N–H and O–H groups in total. The Morgan fingerprint density at radius 2 is 1.73 bits per heavy atom. The number of aliphatic hydroxyl groups excluding tert-OH is 1. The lowest BCUT2D eigenvalue weighted by molar-refractivity contribution is -0.384. The molecule has 1 unspecified atom stereocenters. The number of nitro benzene ring substituents is 1. The molecule has 14 heteroatoms. The molecule has 2 aliphatic rings. The summed E-state index contributed by atoms with van der Waals surface area (Å²) in [5.41, 5.74) is 1.53. The highest BCUT2D eigenvalue weighted by molar-refractivity contribution is 7.89. The molecule has 0 aromatic heterocycles. The molecular weight excluding hydrogens is 642 g/mol. The van der Waals surface area contributed by atoms with Crippen LogP contribution in [0.1, 0.15) is 31.4 Å². The second-order valence-corrected chi connectivity index (χ2v) is 14.3. The summed E-state index contributed by atoms with van der Waals surface area (Å²) in [4.78, 5) is 23.6. The van der Waals surface area contributed by atoms with E-state index in [2.05, 4.69) is 5.32 Å². The summed E-state index contributed by atoms with van der Waals surface area (Å²) in [7, 11) is -4.17. The monoisotopic (exact) mass is 683 g/mol. The van der Waals surface area contributed by atoms with Gasteiger partial charge in [-0.2, -0.15) is 4.31 Å². The fourth-order valence-electron chi connectivity index (χ4n) is 5.77. The summed E-state index contributed by atoms with van der Waals surface area (Å²) in [6, 6.07) is 20.6. The van der Waals surface area contributed by atoms with Crippen molar-refractivity contribution in [2.45, 2.75) is 62.7 Å². The van der Waals surface area contributed by atoms with Crippen LogP contribution < -0.4 is 10.1 Å². The van der Waals surface area contributed by atoms with Crippen LogP contribution in [-0.2, 0) is 37.3 Å². The molecule has 5 atom stereocenters. The SMILES string of the molecule is CC(C)CN(C[C@@H](O)[C@H](Cc1ccc(OCc2ccccc2)cc1)NC(=O)OC1CO[C@H]2OCC[C@@H]12)S(=O)(=O)c1ccc([N+](=O)[O-])cc1. The normalized spacial score (nSPS) is 20.3. The maximum absolute atomic E-state index is 13.7. The molecule has 13 nitrogen and oxygen atoms in total. The predicted molar refractivity (Wildman–Crippen MR) is 175 cm³/mol. The first-order chi connectivity index (χ1) is 23.0. The van der Waals surface area contributed by atoms with Crippen LogP contribution >= 0.6 is 0 Å². The van der Waals surface area contributed by atoms with E-state index < -0.39 is 45.6 Å². The minimum absolute atomic E-state index is 0.0590. The second kappa shape index (κ2) is 15.9. The lowest BCUT2D eigenvalue weighted by Crippen LogP contribution is -2.51. The van der Waals surface area contributed by atoms with Crippen molar-refractivity contribution in [2.24, 2.45) is 11.8 Å². The lowest BCUT2D eigenvalue weighted by atomic mass is 10.0.